The van der Waals surface area contributed by atoms with Crippen molar-refractivity contribution < 1.29 is 9.72 Å². The number of nitro groups is 1. The number of aromatic amines is 1. The first kappa shape index (κ1) is 17.5. The number of halogens is 1. The Morgan fingerprint density at radius 2 is 2.00 bits per heavy atom. The molecule has 1 aromatic heterocycles. The fourth-order valence-electron chi connectivity index (χ4n) is 2.15. The number of hydrogen-bond acceptors (Lipinski definition) is 5. The van der Waals surface area contributed by atoms with Crippen molar-refractivity contribution in [2.75, 3.05) is 0 Å². The number of carbonyl (C=O) groups is 1. The van der Waals surface area contributed by atoms with Crippen LogP contribution in [0.4, 0.5) is 5.69 Å². The molecule has 0 aliphatic rings. The number of hydrogen-bond donors (Lipinski definition) is 2. The summed E-state index contributed by atoms with van der Waals surface area (Å²) in [6, 6.07) is 15.1. The average Bonchev–Trinajstić information content (AvgIpc) is 3.13. The van der Waals surface area contributed by atoms with E-state index in [9.17, 15) is 14.9 Å². The monoisotopic (exact) mass is 413 g/mol. The predicted octanol–water partition coefficient (Wildman–Crippen LogP) is 3.51. The van der Waals surface area contributed by atoms with Crippen LogP contribution in [0.1, 0.15) is 16.1 Å². The van der Waals surface area contributed by atoms with Crippen LogP contribution >= 0.6 is 15.9 Å². The Hall–Kier alpha value is -3.33. The summed E-state index contributed by atoms with van der Waals surface area (Å²) in [7, 11) is 0. The van der Waals surface area contributed by atoms with Gasteiger partial charge in [0.05, 0.1) is 16.8 Å². The van der Waals surface area contributed by atoms with Crippen LogP contribution in [0.5, 0.6) is 0 Å². The lowest BCUT2D eigenvalue weighted by Crippen LogP contribution is -2.18. The highest BCUT2D eigenvalue weighted by Crippen LogP contribution is 2.20. The number of rotatable bonds is 5. The molecule has 0 spiro atoms. The molecule has 1 amide bonds. The largest absolute Gasteiger partial charge is 0.289 e. The summed E-state index contributed by atoms with van der Waals surface area (Å²) >= 11 is 3.36. The van der Waals surface area contributed by atoms with Gasteiger partial charge in [-0.1, -0.05) is 40.2 Å². The lowest BCUT2D eigenvalue weighted by atomic mass is 10.1. The van der Waals surface area contributed by atoms with Crippen LogP contribution in [0.25, 0.3) is 11.3 Å². The highest BCUT2D eigenvalue weighted by Gasteiger charge is 2.10. The lowest BCUT2D eigenvalue weighted by Gasteiger charge is -1.97. The van der Waals surface area contributed by atoms with Crippen molar-refractivity contribution in [2.45, 2.75) is 0 Å². The van der Waals surface area contributed by atoms with Crippen molar-refractivity contribution in [2.24, 2.45) is 5.10 Å². The second-order valence-electron chi connectivity index (χ2n) is 5.22. The SMILES string of the molecule is O=C(N/N=C/c1cccc([N+](=O)[O-])c1)c1cc(-c2ccc(Br)cc2)n[nH]1. The Morgan fingerprint density at radius 3 is 2.73 bits per heavy atom. The summed E-state index contributed by atoms with van der Waals surface area (Å²) < 4.78 is 0.949. The summed E-state index contributed by atoms with van der Waals surface area (Å²) in [5.74, 6) is -0.470. The van der Waals surface area contributed by atoms with E-state index < -0.39 is 10.8 Å². The van der Waals surface area contributed by atoms with Crippen molar-refractivity contribution in [1.29, 1.82) is 0 Å². The smallest absolute Gasteiger partial charge is 0.272 e. The molecule has 0 fully saturated rings. The quantitative estimate of drug-likeness (QED) is 0.378. The van der Waals surface area contributed by atoms with Crippen LogP contribution in [-0.4, -0.2) is 27.2 Å². The van der Waals surface area contributed by atoms with Crippen LogP contribution < -0.4 is 5.43 Å². The number of benzene rings is 2. The van der Waals surface area contributed by atoms with Gasteiger partial charge in [0.1, 0.15) is 5.69 Å². The fourth-order valence-corrected chi connectivity index (χ4v) is 2.42. The maximum Gasteiger partial charge on any atom is 0.289 e. The Balaban J connectivity index is 1.66. The lowest BCUT2D eigenvalue weighted by molar-refractivity contribution is -0.384. The highest BCUT2D eigenvalue weighted by atomic mass is 79.9. The van der Waals surface area contributed by atoms with E-state index in [0.29, 0.717) is 11.3 Å². The van der Waals surface area contributed by atoms with E-state index in [-0.39, 0.29) is 11.4 Å². The summed E-state index contributed by atoms with van der Waals surface area (Å²) in [4.78, 5) is 22.3. The first-order valence-corrected chi connectivity index (χ1v) is 8.21. The van der Waals surface area contributed by atoms with Gasteiger partial charge in [-0.05, 0) is 18.2 Å². The van der Waals surface area contributed by atoms with E-state index in [1.165, 1.54) is 18.3 Å². The number of nitrogens with one attached hydrogen (secondary N) is 2. The maximum absolute atomic E-state index is 12.1. The number of non-ortho nitro benzene ring substituents is 1. The van der Waals surface area contributed by atoms with Crippen LogP contribution in [0.2, 0.25) is 0 Å². The molecule has 2 N–H and O–H groups in total. The molecule has 1 heterocycles. The molecule has 26 heavy (non-hydrogen) atoms. The summed E-state index contributed by atoms with van der Waals surface area (Å²) in [6.45, 7) is 0. The molecule has 0 atom stereocenters. The molecule has 130 valence electrons. The van der Waals surface area contributed by atoms with E-state index >= 15 is 0 Å². The molecular formula is C17H12BrN5O3. The van der Waals surface area contributed by atoms with Gasteiger partial charge >= 0.3 is 0 Å². The Labute approximate surface area is 156 Å². The third-order valence-electron chi connectivity index (χ3n) is 3.42. The topological polar surface area (TPSA) is 113 Å². The fraction of sp³-hybridized carbons (Fsp3) is 0. The standard InChI is InChI=1S/C17H12BrN5O3/c18-13-6-4-12(5-7-13)15-9-16(21-20-15)17(24)22-19-10-11-2-1-3-14(8-11)23(25)26/h1-10H,(H,20,21)(H,22,24)/b19-10+. The zero-order valence-electron chi connectivity index (χ0n) is 13.2. The number of nitro benzene ring substituents is 1. The molecule has 0 bridgehead atoms. The Kier molecular flexibility index (Phi) is 5.18. The molecule has 9 heteroatoms. The van der Waals surface area contributed by atoms with E-state index in [0.717, 1.165) is 10.0 Å². The molecule has 3 rings (SSSR count). The average molecular weight is 414 g/mol. The molecular weight excluding hydrogens is 402 g/mol. The van der Waals surface area contributed by atoms with Gasteiger partial charge in [0.25, 0.3) is 11.6 Å². The van der Waals surface area contributed by atoms with Crippen molar-refractivity contribution in [3.8, 4) is 11.3 Å². The first-order chi connectivity index (χ1) is 12.5. The zero-order chi connectivity index (χ0) is 18.5. The van der Waals surface area contributed by atoms with Crippen LogP contribution in [-0.2, 0) is 0 Å². The Morgan fingerprint density at radius 1 is 1.23 bits per heavy atom. The molecule has 0 saturated carbocycles. The van der Waals surface area contributed by atoms with Crippen molar-refractivity contribution in [3.63, 3.8) is 0 Å². The number of hydrazone groups is 1. The first-order valence-electron chi connectivity index (χ1n) is 7.42. The third-order valence-corrected chi connectivity index (χ3v) is 3.95. The molecule has 0 saturated heterocycles. The Bertz CT molecular complexity index is 982. The van der Waals surface area contributed by atoms with Gasteiger partial charge in [0.15, 0.2) is 0 Å². The van der Waals surface area contributed by atoms with E-state index in [1.807, 2.05) is 24.3 Å². The number of amides is 1. The van der Waals surface area contributed by atoms with Gasteiger partial charge in [-0.25, -0.2) is 5.43 Å². The van der Waals surface area contributed by atoms with Gasteiger partial charge in [0, 0.05) is 27.7 Å². The van der Waals surface area contributed by atoms with Gasteiger partial charge in [-0.2, -0.15) is 10.2 Å². The van der Waals surface area contributed by atoms with Gasteiger partial charge < -0.3 is 0 Å². The third kappa shape index (κ3) is 4.19. The number of aromatic nitrogens is 2. The zero-order valence-corrected chi connectivity index (χ0v) is 14.8. The molecule has 0 unspecified atom stereocenters. The van der Waals surface area contributed by atoms with Gasteiger partial charge in [0.2, 0.25) is 0 Å². The number of carbonyl (C=O) groups excluding carboxylic acids is 1. The minimum Gasteiger partial charge on any atom is -0.272 e. The van der Waals surface area contributed by atoms with Gasteiger partial charge in [-0.15, -0.1) is 0 Å². The summed E-state index contributed by atoms with van der Waals surface area (Å²) in [5.41, 5.74) is 4.55. The minimum atomic E-state index is -0.496. The normalized spacial score (nSPS) is 10.8. The maximum atomic E-state index is 12.1. The van der Waals surface area contributed by atoms with Crippen LogP contribution in [0.3, 0.4) is 0 Å². The number of H-pyrrole nitrogens is 1. The van der Waals surface area contributed by atoms with E-state index in [1.54, 1.807) is 18.2 Å². The predicted molar refractivity (Wildman–Crippen MR) is 99.9 cm³/mol. The minimum absolute atomic E-state index is 0.0482. The molecule has 3 aromatic rings. The van der Waals surface area contributed by atoms with E-state index in [2.05, 4.69) is 36.7 Å². The highest BCUT2D eigenvalue weighted by molar-refractivity contribution is 9.10. The molecule has 2 aromatic carbocycles. The molecule has 0 aliphatic carbocycles. The molecule has 0 radical (unpaired) electrons. The summed E-state index contributed by atoms with van der Waals surface area (Å²) in [6.07, 6.45) is 1.33. The molecule has 0 aliphatic heterocycles. The van der Waals surface area contributed by atoms with Crippen molar-refractivity contribution in [3.05, 3.63) is 80.4 Å². The molecule has 8 nitrogen and oxygen atoms in total. The van der Waals surface area contributed by atoms with Crippen molar-refractivity contribution >= 4 is 33.7 Å². The van der Waals surface area contributed by atoms with Crippen LogP contribution in [0, 0.1) is 10.1 Å². The van der Waals surface area contributed by atoms with Crippen LogP contribution in [0.15, 0.2) is 64.2 Å². The summed E-state index contributed by atoms with van der Waals surface area (Å²) in [5, 5.41) is 21.3. The number of nitrogens with zero attached hydrogens (tertiary/aromatic N) is 3. The second kappa shape index (κ2) is 7.70. The van der Waals surface area contributed by atoms with Gasteiger partial charge in [-0.3, -0.25) is 20.0 Å². The second-order valence-corrected chi connectivity index (χ2v) is 6.14. The van der Waals surface area contributed by atoms with Crippen molar-refractivity contribution in [1.82, 2.24) is 15.6 Å². The van der Waals surface area contributed by atoms with E-state index in [4.69, 9.17) is 0 Å².